The number of hydrogen-bond acceptors (Lipinski definition) is 7. The number of nitrogens with one attached hydrogen (secondary N) is 2. The molecule has 11 heteroatoms. The third kappa shape index (κ3) is 3.73. The van der Waals surface area contributed by atoms with Crippen molar-refractivity contribution < 1.29 is 13.2 Å². The maximum atomic E-state index is 12.4. The molecule has 0 saturated heterocycles. The molecule has 4 aromatic rings. The van der Waals surface area contributed by atoms with Gasteiger partial charge >= 0.3 is 6.03 Å². The minimum atomic E-state index is -4.08. The van der Waals surface area contributed by atoms with Crippen molar-refractivity contribution in [3.05, 3.63) is 65.9 Å². The minimum absolute atomic E-state index is 0.0214. The molecule has 0 spiro atoms. The number of rotatable bonds is 4. The molecule has 0 fully saturated rings. The topological polar surface area (TPSA) is 130 Å². The van der Waals surface area contributed by atoms with Crippen molar-refractivity contribution in [2.24, 2.45) is 0 Å². The first kappa shape index (κ1) is 19.6. The number of anilines is 1. The summed E-state index contributed by atoms with van der Waals surface area (Å²) in [4.78, 5) is 16.8. The highest BCUT2D eigenvalue weighted by Crippen LogP contribution is 2.27. The monoisotopic (exact) mass is 438 g/mol. The van der Waals surface area contributed by atoms with E-state index >= 15 is 0 Å². The van der Waals surface area contributed by atoms with Crippen LogP contribution in [0, 0.1) is 18.3 Å². The van der Waals surface area contributed by atoms with E-state index in [9.17, 15) is 18.5 Å². The lowest BCUT2D eigenvalue weighted by Crippen LogP contribution is -2.35. The Morgan fingerprint density at radius 1 is 1.17 bits per heavy atom. The average molecular weight is 438 g/mol. The number of nitriles is 1. The summed E-state index contributed by atoms with van der Waals surface area (Å²) in [6.45, 7) is 1.82. The highest BCUT2D eigenvalue weighted by atomic mass is 32.2. The minimum Gasteiger partial charge on any atom is -0.290 e. The van der Waals surface area contributed by atoms with Crippen LogP contribution in [0.3, 0.4) is 0 Å². The van der Waals surface area contributed by atoms with E-state index < -0.39 is 16.1 Å². The number of benzene rings is 2. The first-order chi connectivity index (χ1) is 14.4. The van der Waals surface area contributed by atoms with E-state index in [1.165, 1.54) is 34.3 Å². The van der Waals surface area contributed by atoms with Crippen molar-refractivity contribution in [2.75, 3.05) is 5.32 Å². The smallest absolute Gasteiger partial charge is 0.290 e. The molecule has 0 unspecified atom stereocenters. The highest BCUT2D eigenvalue weighted by Gasteiger charge is 2.22. The first-order valence-electron chi connectivity index (χ1n) is 8.62. The van der Waals surface area contributed by atoms with Crippen LogP contribution in [0.5, 0.6) is 0 Å². The molecule has 2 N–H and O–H groups in total. The van der Waals surface area contributed by atoms with Gasteiger partial charge in [-0.25, -0.2) is 22.9 Å². The predicted octanol–water partition coefficient (Wildman–Crippen LogP) is 3.17. The lowest BCUT2D eigenvalue weighted by molar-refractivity contribution is 0.256. The quantitative estimate of drug-likeness (QED) is 0.503. The molecule has 30 heavy (non-hydrogen) atoms. The Morgan fingerprint density at radius 2 is 1.90 bits per heavy atom. The number of sulfonamides is 1. The molecule has 0 saturated carbocycles. The second-order valence-electron chi connectivity index (χ2n) is 6.27. The van der Waals surface area contributed by atoms with Crippen LogP contribution in [0.1, 0.15) is 11.1 Å². The van der Waals surface area contributed by atoms with Crippen LogP contribution in [0.15, 0.2) is 59.6 Å². The Labute approximate surface area is 175 Å². The lowest BCUT2D eigenvalue weighted by atomic mass is 10.2. The number of carbonyl (C=O) groups excluding carboxylic acids is 1. The predicted molar refractivity (Wildman–Crippen MR) is 112 cm³/mol. The number of fused-ring (bicyclic) bond motifs is 1. The zero-order chi connectivity index (χ0) is 21.3. The number of carbonyl (C=O) groups is 1. The maximum absolute atomic E-state index is 12.4. The van der Waals surface area contributed by atoms with Crippen molar-refractivity contribution in [1.29, 1.82) is 5.26 Å². The SMILES string of the molecule is Cc1ccc(S(=O)(=O)NC(=O)Nc2c(C#N)cnn2-c2nc3ccccc3s2)cc1. The van der Waals surface area contributed by atoms with Gasteiger partial charge in [-0.3, -0.25) is 5.32 Å². The van der Waals surface area contributed by atoms with Crippen molar-refractivity contribution in [3.63, 3.8) is 0 Å². The first-order valence-corrected chi connectivity index (χ1v) is 10.9. The average Bonchev–Trinajstić information content (AvgIpc) is 3.31. The summed E-state index contributed by atoms with van der Waals surface area (Å²) >= 11 is 1.32. The van der Waals surface area contributed by atoms with Gasteiger partial charge in [0.25, 0.3) is 10.0 Å². The summed E-state index contributed by atoms with van der Waals surface area (Å²) in [6.07, 6.45) is 1.27. The number of nitrogens with zero attached hydrogens (tertiary/aromatic N) is 4. The molecule has 0 aliphatic rings. The number of para-hydroxylation sites is 1. The van der Waals surface area contributed by atoms with Crippen LogP contribution in [-0.2, 0) is 10.0 Å². The molecule has 0 aliphatic carbocycles. The number of hydrogen-bond donors (Lipinski definition) is 2. The van der Waals surface area contributed by atoms with Crippen LogP contribution >= 0.6 is 11.3 Å². The van der Waals surface area contributed by atoms with Gasteiger partial charge in [0.15, 0.2) is 5.82 Å². The van der Waals surface area contributed by atoms with Crippen molar-refractivity contribution >= 4 is 43.4 Å². The molecule has 0 atom stereocenters. The van der Waals surface area contributed by atoms with Crippen LogP contribution in [0.2, 0.25) is 0 Å². The zero-order valence-corrected chi connectivity index (χ0v) is 17.2. The van der Waals surface area contributed by atoms with Gasteiger partial charge in [-0.15, -0.1) is 0 Å². The van der Waals surface area contributed by atoms with Gasteiger partial charge in [-0.05, 0) is 31.2 Å². The molecule has 4 rings (SSSR count). The van der Waals surface area contributed by atoms with E-state index in [1.54, 1.807) is 12.1 Å². The molecule has 2 amide bonds. The van der Waals surface area contributed by atoms with Gasteiger partial charge < -0.3 is 0 Å². The van der Waals surface area contributed by atoms with E-state index in [0.717, 1.165) is 15.8 Å². The van der Waals surface area contributed by atoms with E-state index in [2.05, 4.69) is 15.4 Å². The van der Waals surface area contributed by atoms with Gasteiger partial charge in [0.1, 0.15) is 11.6 Å². The Kier molecular flexibility index (Phi) is 4.94. The summed E-state index contributed by atoms with van der Waals surface area (Å²) in [5, 5.41) is 16.3. The van der Waals surface area contributed by atoms with E-state index in [-0.39, 0.29) is 16.3 Å². The van der Waals surface area contributed by atoms with Crippen molar-refractivity contribution in [1.82, 2.24) is 19.5 Å². The highest BCUT2D eigenvalue weighted by molar-refractivity contribution is 7.90. The third-order valence-electron chi connectivity index (χ3n) is 4.14. The number of urea groups is 1. The molecule has 2 aromatic heterocycles. The number of aromatic nitrogens is 3. The molecule has 2 aromatic carbocycles. The molecule has 0 bridgehead atoms. The largest absolute Gasteiger partial charge is 0.334 e. The number of aryl methyl sites for hydroxylation is 1. The fraction of sp³-hybridized carbons (Fsp3) is 0.0526. The summed E-state index contributed by atoms with van der Waals surface area (Å²) in [5.41, 5.74) is 1.69. The van der Waals surface area contributed by atoms with Gasteiger partial charge in [-0.2, -0.15) is 15.0 Å². The fourth-order valence-electron chi connectivity index (χ4n) is 2.68. The summed E-state index contributed by atoms with van der Waals surface area (Å²) in [5.74, 6) is 0.0214. The molecule has 150 valence electrons. The zero-order valence-electron chi connectivity index (χ0n) is 15.5. The standard InChI is InChI=1S/C19H14N6O3S2/c1-12-6-8-14(9-7-12)30(27,28)24-18(26)23-17-13(10-20)11-21-25(17)19-22-15-4-2-3-5-16(15)29-19/h2-9,11H,1H3,(H2,23,24,26). The lowest BCUT2D eigenvalue weighted by Gasteiger charge is -2.10. The van der Waals surface area contributed by atoms with E-state index in [0.29, 0.717) is 5.13 Å². The Morgan fingerprint density at radius 3 is 2.60 bits per heavy atom. The van der Waals surface area contributed by atoms with Crippen LogP contribution in [0.4, 0.5) is 10.6 Å². The molecular weight excluding hydrogens is 424 g/mol. The Balaban J connectivity index is 1.63. The Bertz CT molecular complexity index is 1370. The van der Waals surface area contributed by atoms with Gasteiger partial charge in [-0.1, -0.05) is 41.2 Å². The summed E-state index contributed by atoms with van der Waals surface area (Å²) in [6, 6.07) is 14.4. The van der Waals surface area contributed by atoms with Gasteiger partial charge in [0, 0.05) is 0 Å². The van der Waals surface area contributed by atoms with Gasteiger partial charge in [0.2, 0.25) is 5.13 Å². The molecule has 2 heterocycles. The summed E-state index contributed by atoms with van der Waals surface area (Å²) < 4.78 is 29.0. The third-order valence-corrected chi connectivity index (χ3v) is 6.50. The van der Waals surface area contributed by atoms with Gasteiger partial charge in [0.05, 0.1) is 21.3 Å². The molecule has 0 aliphatic heterocycles. The fourth-order valence-corrected chi connectivity index (χ4v) is 4.52. The summed E-state index contributed by atoms with van der Waals surface area (Å²) in [7, 11) is -4.08. The number of thiazole rings is 1. The normalized spacial score (nSPS) is 11.2. The maximum Gasteiger partial charge on any atom is 0.334 e. The van der Waals surface area contributed by atoms with Crippen LogP contribution in [-0.4, -0.2) is 29.2 Å². The van der Waals surface area contributed by atoms with Crippen molar-refractivity contribution in [2.45, 2.75) is 11.8 Å². The van der Waals surface area contributed by atoms with Crippen LogP contribution < -0.4 is 10.0 Å². The molecule has 9 nitrogen and oxygen atoms in total. The number of amides is 2. The second-order valence-corrected chi connectivity index (χ2v) is 8.96. The molecular formula is C19H14N6O3S2. The molecule has 0 radical (unpaired) electrons. The van der Waals surface area contributed by atoms with E-state index in [4.69, 9.17) is 0 Å². The van der Waals surface area contributed by atoms with Crippen molar-refractivity contribution in [3.8, 4) is 11.2 Å². The Hall–Kier alpha value is -3.75. The second kappa shape index (κ2) is 7.58. The van der Waals surface area contributed by atoms with Crippen LogP contribution in [0.25, 0.3) is 15.3 Å². The van der Waals surface area contributed by atoms with E-state index in [1.807, 2.05) is 42.0 Å².